The maximum Gasteiger partial charge on any atom is 0.240 e. The van der Waals surface area contributed by atoms with Crippen LogP contribution < -0.4 is 4.90 Å². The molecule has 3 heterocycles. The Morgan fingerprint density at radius 1 is 1.19 bits per heavy atom. The third-order valence-electron chi connectivity index (χ3n) is 4.75. The SMILES string of the molecule is CCn1c(S[C@H](C)C(=O)N2CCc3ccccc32)nnc1-c1ccncc1. The van der Waals surface area contributed by atoms with Gasteiger partial charge in [-0.2, -0.15) is 0 Å². The maximum atomic E-state index is 13.0. The highest BCUT2D eigenvalue weighted by Crippen LogP contribution is 2.32. The highest BCUT2D eigenvalue weighted by Gasteiger charge is 2.29. The molecule has 0 fully saturated rings. The maximum absolute atomic E-state index is 13.0. The van der Waals surface area contributed by atoms with Gasteiger partial charge in [-0.1, -0.05) is 30.0 Å². The van der Waals surface area contributed by atoms with Crippen molar-refractivity contribution >= 4 is 23.4 Å². The molecule has 6 nitrogen and oxygen atoms in total. The molecule has 2 aromatic heterocycles. The van der Waals surface area contributed by atoms with Crippen molar-refractivity contribution in [1.29, 1.82) is 0 Å². The summed E-state index contributed by atoms with van der Waals surface area (Å²) < 4.78 is 2.04. The number of rotatable bonds is 5. The average molecular weight is 379 g/mol. The number of benzene rings is 1. The smallest absolute Gasteiger partial charge is 0.240 e. The van der Waals surface area contributed by atoms with Crippen LogP contribution in [0.5, 0.6) is 0 Å². The Bertz CT molecular complexity index is 956. The molecule has 0 N–H and O–H groups in total. The number of para-hydroxylation sites is 1. The van der Waals surface area contributed by atoms with Crippen molar-refractivity contribution in [3.8, 4) is 11.4 Å². The number of hydrogen-bond acceptors (Lipinski definition) is 5. The second kappa shape index (κ2) is 7.52. The number of anilines is 1. The van der Waals surface area contributed by atoms with E-state index in [1.165, 1.54) is 17.3 Å². The molecule has 1 aliphatic heterocycles. The molecule has 0 saturated carbocycles. The summed E-state index contributed by atoms with van der Waals surface area (Å²) in [6.07, 6.45) is 4.40. The van der Waals surface area contributed by atoms with Crippen molar-refractivity contribution < 1.29 is 4.79 Å². The van der Waals surface area contributed by atoms with Crippen molar-refractivity contribution in [2.75, 3.05) is 11.4 Å². The van der Waals surface area contributed by atoms with E-state index in [0.29, 0.717) is 0 Å². The van der Waals surface area contributed by atoms with E-state index in [1.54, 1.807) is 12.4 Å². The largest absolute Gasteiger partial charge is 0.311 e. The predicted octanol–water partition coefficient (Wildman–Crippen LogP) is 3.43. The molecule has 0 spiro atoms. The van der Waals surface area contributed by atoms with Crippen molar-refractivity contribution in [2.24, 2.45) is 0 Å². The number of hydrogen-bond donors (Lipinski definition) is 0. The first-order chi connectivity index (χ1) is 13.2. The van der Waals surface area contributed by atoms with Crippen LogP contribution in [0.15, 0.2) is 53.9 Å². The lowest BCUT2D eigenvalue weighted by Crippen LogP contribution is -2.35. The number of fused-ring (bicyclic) bond motifs is 1. The van der Waals surface area contributed by atoms with Gasteiger partial charge in [-0.25, -0.2) is 0 Å². The van der Waals surface area contributed by atoms with Crippen LogP contribution in [-0.4, -0.2) is 37.5 Å². The first kappa shape index (κ1) is 17.7. The number of pyridine rings is 1. The normalized spacial score (nSPS) is 14.2. The summed E-state index contributed by atoms with van der Waals surface area (Å²) in [5, 5.41) is 9.21. The van der Waals surface area contributed by atoms with E-state index in [0.717, 1.165) is 41.7 Å². The number of aromatic nitrogens is 4. The quantitative estimate of drug-likeness (QED) is 0.636. The standard InChI is InChI=1S/C20H21N5OS/c1-3-24-18(16-8-11-21-12-9-16)22-23-20(24)27-14(2)19(26)25-13-10-15-6-4-5-7-17(15)25/h4-9,11-12,14H,3,10,13H2,1-2H3/t14-/m1/s1. The third kappa shape index (κ3) is 3.35. The number of carbonyl (C=O) groups is 1. The molecule has 27 heavy (non-hydrogen) atoms. The third-order valence-corrected chi connectivity index (χ3v) is 5.82. The molecule has 1 atom stereocenters. The molecule has 3 aromatic rings. The molecule has 1 aromatic carbocycles. The lowest BCUT2D eigenvalue weighted by Gasteiger charge is -2.21. The summed E-state index contributed by atoms with van der Waals surface area (Å²) >= 11 is 1.46. The Morgan fingerprint density at radius 3 is 2.74 bits per heavy atom. The van der Waals surface area contributed by atoms with Crippen LogP contribution in [0.2, 0.25) is 0 Å². The Morgan fingerprint density at radius 2 is 1.96 bits per heavy atom. The molecule has 0 saturated heterocycles. The molecule has 1 aliphatic rings. The van der Waals surface area contributed by atoms with Gasteiger partial charge in [0.1, 0.15) is 0 Å². The molecule has 0 bridgehead atoms. The average Bonchev–Trinajstić information content (AvgIpc) is 3.32. The van der Waals surface area contributed by atoms with Gasteiger partial charge in [-0.3, -0.25) is 9.78 Å². The topological polar surface area (TPSA) is 63.9 Å². The summed E-state index contributed by atoms with van der Waals surface area (Å²) in [6, 6.07) is 12.0. The fourth-order valence-corrected chi connectivity index (χ4v) is 4.35. The Hall–Kier alpha value is -2.67. The minimum atomic E-state index is -0.240. The van der Waals surface area contributed by atoms with E-state index in [2.05, 4.69) is 28.2 Å². The van der Waals surface area contributed by atoms with E-state index in [4.69, 9.17) is 0 Å². The van der Waals surface area contributed by atoms with Gasteiger partial charge in [-0.05, 0) is 44.0 Å². The first-order valence-electron chi connectivity index (χ1n) is 9.08. The highest BCUT2D eigenvalue weighted by molar-refractivity contribution is 8.00. The zero-order chi connectivity index (χ0) is 18.8. The van der Waals surface area contributed by atoms with Gasteiger partial charge in [0.2, 0.25) is 5.91 Å². The molecular formula is C20H21N5OS. The number of carbonyl (C=O) groups excluding carboxylic acids is 1. The van der Waals surface area contributed by atoms with Crippen LogP contribution in [0.25, 0.3) is 11.4 Å². The Labute approximate surface area is 162 Å². The van der Waals surface area contributed by atoms with Gasteiger partial charge in [0.15, 0.2) is 11.0 Å². The second-order valence-electron chi connectivity index (χ2n) is 6.41. The van der Waals surface area contributed by atoms with Crippen molar-refractivity contribution in [1.82, 2.24) is 19.7 Å². The molecule has 0 unspecified atom stereocenters. The van der Waals surface area contributed by atoms with Gasteiger partial charge < -0.3 is 9.47 Å². The highest BCUT2D eigenvalue weighted by atomic mass is 32.2. The summed E-state index contributed by atoms with van der Waals surface area (Å²) in [6.45, 7) is 5.47. The van der Waals surface area contributed by atoms with E-state index in [-0.39, 0.29) is 11.2 Å². The number of amides is 1. The first-order valence-corrected chi connectivity index (χ1v) is 9.96. The zero-order valence-electron chi connectivity index (χ0n) is 15.4. The molecule has 0 aliphatic carbocycles. The van der Waals surface area contributed by atoms with E-state index < -0.39 is 0 Å². The van der Waals surface area contributed by atoms with Crippen LogP contribution in [0.4, 0.5) is 5.69 Å². The molecule has 0 radical (unpaired) electrons. The van der Waals surface area contributed by atoms with E-state index in [9.17, 15) is 4.79 Å². The minimum Gasteiger partial charge on any atom is -0.311 e. The van der Waals surface area contributed by atoms with Crippen molar-refractivity contribution in [3.63, 3.8) is 0 Å². The monoisotopic (exact) mass is 379 g/mol. The second-order valence-corrected chi connectivity index (χ2v) is 7.72. The Kier molecular flexibility index (Phi) is 4.94. The van der Waals surface area contributed by atoms with Crippen LogP contribution in [0, 0.1) is 0 Å². The zero-order valence-corrected chi connectivity index (χ0v) is 16.2. The van der Waals surface area contributed by atoms with E-state index >= 15 is 0 Å². The van der Waals surface area contributed by atoms with Crippen LogP contribution in [-0.2, 0) is 17.8 Å². The summed E-state index contributed by atoms with van der Waals surface area (Å²) in [7, 11) is 0. The number of thioether (sulfide) groups is 1. The van der Waals surface area contributed by atoms with Gasteiger partial charge in [0.25, 0.3) is 0 Å². The summed E-state index contributed by atoms with van der Waals surface area (Å²) in [5.74, 6) is 0.912. The lowest BCUT2D eigenvalue weighted by molar-refractivity contribution is -0.117. The molecule has 1 amide bonds. The van der Waals surface area contributed by atoms with Crippen LogP contribution in [0.3, 0.4) is 0 Å². The van der Waals surface area contributed by atoms with Crippen LogP contribution >= 0.6 is 11.8 Å². The van der Waals surface area contributed by atoms with Gasteiger partial charge in [0.05, 0.1) is 5.25 Å². The van der Waals surface area contributed by atoms with Gasteiger partial charge in [-0.15, -0.1) is 10.2 Å². The fourth-order valence-electron chi connectivity index (χ4n) is 3.37. The minimum absolute atomic E-state index is 0.112. The predicted molar refractivity (Wildman–Crippen MR) is 107 cm³/mol. The van der Waals surface area contributed by atoms with Gasteiger partial charge in [0, 0.05) is 36.7 Å². The summed E-state index contributed by atoms with van der Waals surface area (Å²) in [5.41, 5.74) is 3.24. The van der Waals surface area contributed by atoms with E-state index in [1.807, 2.05) is 46.7 Å². The Balaban J connectivity index is 1.54. The number of nitrogens with zero attached hydrogens (tertiary/aromatic N) is 5. The van der Waals surface area contributed by atoms with Crippen molar-refractivity contribution in [2.45, 2.75) is 37.2 Å². The lowest BCUT2D eigenvalue weighted by atomic mass is 10.2. The fraction of sp³-hybridized carbons (Fsp3) is 0.300. The molecule has 138 valence electrons. The molecule has 4 rings (SSSR count). The van der Waals surface area contributed by atoms with Crippen molar-refractivity contribution in [3.05, 3.63) is 54.4 Å². The van der Waals surface area contributed by atoms with Gasteiger partial charge >= 0.3 is 0 Å². The summed E-state index contributed by atoms with van der Waals surface area (Å²) in [4.78, 5) is 19.0. The molecule has 7 heteroatoms. The molecular weight excluding hydrogens is 358 g/mol. The van der Waals surface area contributed by atoms with Crippen LogP contribution in [0.1, 0.15) is 19.4 Å².